The number of thiophene rings is 1. The Labute approximate surface area is 173 Å². The second kappa shape index (κ2) is 9.50. The Hall–Kier alpha value is -1.95. The van der Waals surface area contributed by atoms with Gasteiger partial charge in [-0.1, -0.05) is 11.6 Å². The fraction of sp³-hybridized carbons (Fsp3) is 0.438. The van der Waals surface area contributed by atoms with E-state index in [2.05, 4.69) is 34.8 Å². The number of guanidine groups is 1. The molecule has 0 aromatic carbocycles. The van der Waals surface area contributed by atoms with E-state index >= 15 is 0 Å². The van der Waals surface area contributed by atoms with Gasteiger partial charge in [0.15, 0.2) is 5.96 Å². The number of aliphatic imine (C=N–C) groups is 1. The topological polar surface area (TPSA) is 103 Å². The molecule has 0 bridgehead atoms. The van der Waals surface area contributed by atoms with Crippen molar-refractivity contribution in [1.82, 2.24) is 24.9 Å². The summed E-state index contributed by atoms with van der Waals surface area (Å²) in [5.74, 6) is 1.47. The molecule has 1 saturated heterocycles. The van der Waals surface area contributed by atoms with E-state index in [4.69, 9.17) is 11.6 Å². The standard InChI is InChI=1S/C16H22ClN7O2S2/c1-18-15(21-7-8-22-28(25,26)14-4-3-13(17)27-14)23-9-11-24(12-10-23)16-19-5-2-6-20-16/h2-6,22H,7-12H2,1H3,(H,18,21). The van der Waals surface area contributed by atoms with Gasteiger partial charge in [0.2, 0.25) is 16.0 Å². The largest absolute Gasteiger partial charge is 0.355 e. The quantitative estimate of drug-likeness (QED) is 0.388. The van der Waals surface area contributed by atoms with Crippen LogP contribution in [0.3, 0.4) is 0 Å². The van der Waals surface area contributed by atoms with Gasteiger partial charge in [-0.2, -0.15) is 0 Å². The Morgan fingerprint density at radius 2 is 1.93 bits per heavy atom. The molecular formula is C16H22ClN7O2S2. The molecule has 0 unspecified atom stereocenters. The Morgan fingerprint density at radius 1 is 1.21 bits per heavy atom. The third-order valence-corrected chi connectivity index (χ3v) is 7.32. The minimum absolute atomic E-state index is 0.209. The van der Waals surface area contributed by atoms with Crippen molar-refractivity contribution in [3.05, 3.63) is 34.9 Å². The number of anilines is 1. The number of sulfonamides is 1. The first-order valence-electron chi connectivity index (χ1n) is 8.72. The molecule has 0 saturated carbocycles. The lowest BCUT2D eigenvalue weighted by Crippen LogP contribution is -2.53. The van der Waals surface area contributed by atoms with E-state index in [0.29, 0.717) is 10.9 Å². The Bertz CT molecular complexity index is 897. The Balaban J connectivity index is 1.44. The zero-order valence-electron chi connectivity index (χ0n) is 15.4. The van der Waals surface area contributed by atoms with Crippen molar-refractivity contribution in [2.75, 3.05) is 51.2 Å². The summed E-state index contributed by atoms with van der Waals surface area (Å²) in [6.07, 6.45) is 3.47. The average molecular weight is 444 g/mol. The fourth-order valence-electron chi connectivity index (χ4n) is 2.78. The van der Waals surface area contributed by atoms with Gasteiger partial charge in [-0.3, -0.25) is 4.99 Å². The summed E-state index contributed by atoms with van der Waals surface area (Å²) in [6.45, 7) is 3.80. The molecule has 2 N–H and O–H groups in total. The molecule has 1 aliphatic heterocycles. The van der Waals surface area contributed by atoms with Gasteiger partial charge in [0.1, 0.15) is 4.21 Å². The maximum Gasteiger partial charge on any atom is 0.250 e. The van der Waals surface area contributed by atoms with Crippen LogP contribution in [0, 0.1) is 0 Å². The Morgan fingerprint density at radius 3 is 2.54 bits per heavy atom. The van der Waals surface area contributed by atoms with E-state index in [1.165, 1.54) is 6.07 Å². The molecule has 12 heteroatoms. The van der Waals surface area contributed by atoms with Crippen LogP contribution in [0.25, 0.3) is 0 Å². The van der Waals surface area contributed by atoms with Crippen LogP contribution in [-0.2, 0) is 10.0 Å². The van der Waals surface area contributed by atoms with E-state index in [-0.39, 0.29) is 10.8 Å². The smallest absolute Gasteiger partial charge is 0.250 e. The van der Waals surface area contributed by atoms with Gasteiger partial charge in [-0.05, 0) is 18.2 Å². The first-order valence-corrected chi connectivity index (χ1v) is 11.4. The highest BCUT2D eigenvalue weighted by Gasteiger charge is 2.21. The molecular weight excluding hydrogens is 422 g/mol. The molecule has 9 nitrogen and oxygen atoms in total. The highest BCUT2D eigenvalue weighted by molar-refractivity contribution is 7.91. The summed E-state index contributed by atoms with van der Waals surface area (Å²) in [4.78, 5) is 17.1. The third-order valence-electron chi connectivity index (χ3n) is 4.14. The van der Waals surface area contributed by atoms with Crippen molar-refractivity contribution in [2.24, 2.45) is 4.99 Å². The van der Waals surface area contributed by atoms with E-state index in [0.717, 1.165) is 49.4 Å². The molecule has 3 rings (SSSR count). The first-order chi connectivity index (χ1) is 13.5. The molecule has 152 valence electrons. The zero-order chi connectivity index (χ0) is 20.0. The predicted octanol–water partition coefficient (Wildman–Crippen LogP) is 0.867. The van der Waals surface area contributed by atoms with Crippen LogP contribution in [-0.4, -0.2) is 75.6 Å². The summed E-state index contributed by atoms with van der Waals surface area (Å²) in [7, 11) is -1.82. The lowest BCUT2D eigenvalue weighted by Gasteiger charge is -2.36. The second-order valence-corrected chi connectivity index (χ2v) is 9.66. The van der Waals surface area contributed by atoms with E-state index in [1.54, 1.807) is 31.6 Å². The molecule has 28 heavy (non-hydrogen) atoms. The van der Waals surface area contributed by atoms with Gasteiger partial charge in [0, 0.05) is 58.7 Å². The average Bonchev–Trinajstić information content (AvgIpc) is 3.16. The second-order valence-electron chi connectivity index (χ2n) is 5.95. The minimum atomic E-state index is -3.54. The number of nitrogens with zero attached hydrogens (tertiary/aromatic N) is 5. The molecule has 3 heterocycles. The first kappa shape index (κ1) is 20.8. The van der Waals surface area contributed by atoms with Crippen LogP contribution in [0.4, 0.5) is 5.95 Å². The maximum absolute atomic E-state index is 12.2. The van der Waals surface area contributed by atoms with Gasteiger partial charge in [0.25, 0.3) is 0 Å². The third kappa shape index (κ3) is 5.31. The summed E-state index contributed by atoms with van der Waals surface area (Å²) in [5.41, 5.74) is 0. The summed E-state index contributed by atoms with van der Waals surface area (Å²) < 4.78 is 27.6. The van der Waals surface area contributed by atoms with E-state index < -0.39 is 10.0 Å². The molecule has 1 fully saturated rings. The van der Waals surface area contributed by atoms with Crippen molar-refractivity contribution < 1.29 is 8.42 Å². The monoisotopic (exact) mass is 443 g/mol. The number of rotatable bonds is 6. The lowest BCUT2D eigenvalue weighted by molar-refractivity contribution is 0.370. The van der Waals surface area contributed by atoms with Crippen LogP contribution in [0.1, 0.15) is 0 Å². The molecule has 2 aromatic rings. The van der Waals surface area contributed by atoms with Crippen molar-refractivity contribution in [3.63, 3.8) is 0 Å². The molecule has 0 amide bonds. The number of halogens is 1. The van der Waals surface area contributed by atoms with Crippen molar-refractivity contribution in [2.45, 2.75) is 4.21 Å². The fourth-order valence-corrected chi connectivity index (χ4v) is 5.34. The maximum atomic E-state index is 12.2. The number of hydrogen-bond donors (Lipinski definition) is 2. The molecule has 0 aliphatic carbocycles. The van der Waals surface area contributed by atoms with Crippen LogP contribution in [0.15, 0.2) is 39.8 Å². The van der Waals surface area contributed by atoms with Gasteiger partial charge < -0.3 is 15.1 Å². The van der Waals surface area contributed by atoms with Crippen molar-refractivity contribution in [1.29, 1.82) is 0 Å². The molecule has 0 spiro atoms. The number of nitrogens with one attached hydrogen (secondary N) is 2. The van der Waals surface area contributed by atoms with Crippen LogP contribution >= 0.6 is 22.9 Å². The van der Waals surface area contributed by atoms with Gasteiger partial charge in [-0.25, -0.2) is 23.1 Å². The number of piperazine rings is 1. The molecule has 1 aliphatic rings. The Kier molecular flexibility index (Phi) is 7.05. The molecule has 0 radical (unpaired) electrons. The predicted molar refractivity (Wildman–Crippen MR) is 112 cm³/mol. The van der Waals surface area contributed by atoms with Crippen molar-refractivity contribution >= 4 is 44.9 Å². The normalized spacial score (nSPS) is 15.7. The van der Waals surface area contributed by atoms with Gasteiger partial charge in [-0.15, -0.1) is 11.3 Å². The molecule has 2 aromatic heterocycles. The minimum Gasteiger partial charge on any atom is -0.355 e. The van der Waals surface area contributed by atoms with Crippen LogP contribution < -0.4 is 14.9 Å². The summed E-state index contributed by atoms with van der Waals surface area (Å²) in [6, 6.07) is 4.87. The van der Waals surface area contributed by atoms with E-state index in [1.807, 2.05) is 0 Å². The number of hydrogen-bond acceptors (Lipinski definition) is 7. The molecule has 0 atom stereocenters. The van der Waals surface area contributed by atoms with Crippen LogP contribution in [0.5, 0.6) is 0 Å². The number of aromatic nitrogens is 2. The van der Waals surface area contributed by atoms with Crippen molar-refractivity contribution in [3.8, 4) is 0 Å². The van der Waals surface area contributed by atoms with Crippen LogP contribution in [0.2, 0.25) is 4.34 Å². The summed E-state index contributed by atoms with van der Waals surface area (Å²) >= 11 is 6.84. The van der Waals surface area contributed by atoms with Gasteiger partial charge in [0.05, 0.1) is 4.34 Å². The zero-order valence-corrected chi connectivity index (χ0v) is 17.8. The highest BCUT2D eigenvalue weighted by atomic mass is 35.5. The lowest BCUT2D eigenvalue weighted by atomic mass is 10.3. The van der Waals surface area contributed by atoms with Gasteiger partial charge >= 0.3 is 0 Å². The summed E-state index contributed by atoms with van der Waals surface area (Å²) in [5, 5.41) is 3.20. The van der Waals surface area contributed by atoms with E-state index in [9.17, 15) is 8.42 Å². The SMILES string of the molecule is CN=C(NCCNS(=O)(=O)c1ccc(Cl)s1)N1CCN(c2ncccn2)CC1. The highest BCUT2D eigenvalue weighted by Crippen LogP contribution is 2.25.